The van der Waals surface area contributed by atoms with E-state index in [9.17, 15) is 14.7 Å². The van der Waals surface area contributed by atoms with E-state index in [1.807, 2.05) is 44.3 Å². The van der Waals surface area contributed by atoms with E-state index < -0.39 is 17.7 Å². The summed E-state index contributed by atoms with van der Waals surface area (Å²) in [5.41, 5.74) is 1.62. The summed E-state index contributed by atoms with van der Waals surface area (Å²) < 4.78 is 5.44. The second-order valence-corrected chi connectivity index (χ2v) is 8.17. The maximum atomic E-state index is 12.9. The Balaban J connectivity index is 2.08. The number of Topliss-reactive ketones (excluding diaryl/α,β-unsaturated/α-hetero) is 1. The minimum absolute atomic E-state index is 0.142. The zero-order valence-electron chi connectivity index (χ0n) is 17.1. The number of carbonyl (C=O) groups is 2. The van der Waals surface area contributed by atoms with Crippen LogP contribution in [0.5, 0.6) is 5.75 Å². The van der Waals surface area contributed by atoms with E-state index in [2.05, 4.69) is 0 Å². The van der Waals surface area contributed by atoms with E-state index in [0.29, 0.717) is 31.0 Å². The number of likely N-dealkylation sites (tertiary alicyclic amines) is 1. The Morgan fingerprint density at radius 1 is 1.21 bits per heavy atom. The van der Waals surface area contributed by atoms with Crippen LogP contribution in [0.1, 0.15) is 29.0 Å². The molecule has 1 aromatic heterocycles. The number of aliphatic hydroxyl groups is 1. The second-order valence-electron chi connectivity index (χ2n) is 7.22. The maximum absolute atomic E-state index is 12.9. The van der Waals surface area contributed by atoms with Gasteiger partial charge in [0.2, 0.25) is 0 Å². The lowest BCUT2D eigenvalue weighted by atomic mass is 9.98. The molecule has 1 N–H and O–H groups in total. The normalized spacial score (nSPS) is 18.7. The van der Waals surface area contributed by atoms with Gasteiger partial charge in [-0.05, 0) is 69.2 Å². The summed E-state index contributed by atoms with van der Waals surface area (Å²) in [6, 6.07) is 8.26. The van der Waals surface area contributed by atoms with Crippen molar-refractivity contribution in [2.75, 3.05) is 33.8 Å². The van der Waals surface area contributed by atoms with Gasteiger partial charge < -0.3 is 19.6 Å². The summed E-state index contributed by atoms with van der Waals surface area (Å²) in [6.45, 7) is 5.41. The Bertz CT molecular complexity index is 931. The zero-order chi connectivity index (χ0) is 21.1. The monoisotopic (exact) mass is 414 g/mol. The molecule has 1 unspecified atom stereocenters. The van der Waals surface area contributed by atoms with Crippen molar-refractivity contribution in [3.05, 3.63) is 57.3 Å². The minimum Gasteiger partial charge on any atom is -0.507 e. The predicted molar refractivity (Wildman–Crippen MR) is 114 cm³/mol. The van der Waals surface area contributed by atoms with Gasteiger partial charge in [-0.25, -0.2) is 0 Å². The van der Waals surface area contributed by atoms with Gasteiger partial charge in [-0.1, -0.05) is 0 Å². The molecule has 2 aromatic rings. The number of hydrogen-bond acceptors (Lipinski definition) is 6. The van der Waals surface area contributed by atoms with Gasteiger partial charge in [0.25, 0.3) is 11.7 Å². The molecule has 3 rings (SSSR count). The van der Waals surface area contributed by atoms with Crippen molar-refractivity contribution in [2.45, 2.75) is 19.9 Å². The van der Waals surface area contributed by atoms with Crippen molar-refractivity contribution in [2.24, 2.45) is 0 Å². The quantitative estimate of drug-likeness (QED) is 0.427. The van der Waals surface area contributed by atoms with Crippen LogP contribution >= 0.6 is 11.3 Å². The highest BCUT2D eigenvalue weighted by atomic mass is 32.1. The minimum atomic E-state index is -0.645. The number of aryl methyl sites for hydroxylation is 1. The van der Waals surface area contributed by atoms with Crippen LogP contribution < -0.4 is 4.74 Å². The summed E-state index contributed by atoms with van der Waals surface area (Å²) in [5.74, 6) is -0.692. The molecule has 29 heavy (non-hydrogen) atoms. The molecule has 7 heteroatoms. The van der Waals surface area contributed by atoms with Gasteiger partial charge in [0.05, 0.1) is 18.2 Å². The fraction of sp³-hybridized carbons (Fsp3) is 0.364. The van der Waals surface area contributed by atoms with Gasteiger partial charge in [-0.2, -0.15) is 0 Å². The molecule has 6 nitrogen and oxygen atoms in total. The van der Waals surface area contributed by atoms with Crippen molar-refractivity contribution in [1.29, 1.82) is 0 Å². The lowest BCUT2D eigenvalue weighted by Gasteiger charge is -2.26. The van der Waals surface area contributed by atoms with Crippen LogP contribution in [0.25, 0.3) is 5.76 Å². The van der Waals surface area contributed by atoms with Gasteiger partial charge in [-0.15, -0.1) is 11.3 Å². The number of amides is 1. The second kappa shape index (κ2) is 8.80. The Morgan fingerprint density at radius 3 is 2.45 bits per heavy atom. The van der Waals surface area contributed by atoms with Crippen molar-refractivity contribution < 1.29 is 19.4 Å². The molecule has 0 bridgehead atoms. The summed E-state index contributed by atoms with van der Waals surface area (Å²) in [7, 11) is 3.84. The molecule has 0 saturated carbocycles. The smallest absolute Gasteiger partial charge is 0.295 e. The molecule has 1 aliphatic heterocycles. The van der Waals surface area contributed by atoms with Crippen LogP contribution in [0.4, 0.5) is 0 Å². The van der Waals surface area contributed by atoms with E-state index in [1.54, 1.807) is 29.2 Å². The topological polar surface area (TPSA) is 70.1 Å². The standard InChI is InChI=1S/C22H26N2O4S/c1-5-28-16-8-6-15(7-9-16)19(25)17-18(21-14(2)10-13-29-21)24(12-11-23(3)4)22(27)20(17)26/h6-10,13,18,25H,5,11-12H2,1-4H3/b19-17-. The van der Waals surface area contributed by atoms with Crippen LogP contribution in [0.2, 0.25) is 0 Å². The fourth-order valence-corrected chi connectivity index (χ4v) is 4.43. The zero-order valence-corrected chi connectivity index (χ0v) is 18.0. The summed E-state index contributed by atoms with van der Waals surface area (Å²) in [4.78, 5) is 30.2. The predicted octanol–water partition coefficient (Wildman–Crippen LogP) is 3.44. The van der Waals surface area contributed by atoms with Crippen LogP contribution in [-0.4, -0.2) is 60.4 Å². The highest BCUT2D eigenvalue weighted by Crippen LogP contribution is 2.42. The third kappa shape index (κ3) is 4.21. The molecule has 154 valence electrons. The van der Waals surface area contributed by atoms with Gasteiger partial charge in [-0.3, -0.25) is 9.59 Å². The van der Waals surface area contributed by atoms with E-state index >= 15 is 0 Å². The average molecular weight is 415 g/mol. The lowest BCUT2D eigenvalue weighted by Crippen LogP contribution is -2.35. The Hall–Kier alpha value is -2.64. The van der Waals surface area contributed by atoms with Crippen LogP contribution in [-0.2, 0) is 9.59 Å². The van der Waals surface area contributed by atoms with E-state index in [4.69, 9.17) is 4.74 Å². The molecule has 1 fully saturated rings. The van der Waals surface area contributed by atoms with Crippen LogP contribution in [0.15, 0.2) is 41.3 Å². The molecular formula is C22H26N2O4S. The van der Waals surface area contributed by atoms with Gasteiger partial charge >= 0.3 is 0 Å². The number of likely N-dealkylation sites (N-methyl/N-ethyl adjacent to an activating group) is 1. The highest BCUT2D eigenvalue weighted by Gasteiger charge is 2.46. The molecule has 1 amide bonds. The number of benzene rings is 1. The Morgan fingerprint density at radius 2 is 1.90 bits per heavy atom. The van der Waals surface area contributed by atoms with E-state index in [0.717, 1.165) is 10.4 Å². The van der Waals surface area contributed by atoms with Crippen LogP contribution in [0.3, 0.4) is 0 Å². The third-order valence-corrected chi connectivity index (χ3v) is 5.99. The Kier molecular flexibility index (Phi) is 6.39. The van der Waals surface area contributed by atoms with Crippen molar-refractivity contribution in [3.8, 4) is 5.75 Å². The molecule has 2 heterocycles. The number of hydrogen-bond donors (Lipinski definition) is 1. The molecule has 0 radical (unpaired) electrons. The summed E-state index contributed by atoms with van der Waals surface area (Å²) >= 11 is 1.49. The molecule has 0 spiro atoms. The van der Waals surface area contributed by atoms with E-state index in [1.165, 1.54) is 11.3 Å². The fourth-order valence-electron chi connectivity index (χ4n) is 3.39. The first-order chi connectivity index (χ1) is 13.8. The van der Waals surface area contributed by atoms with Crippen molar-refractivity contribution in [3.63, 3.8) is 0 Å². The number of rotatable bonds is 7. The summed E-state index contributed by atoms with van der Waals surface area (Å²) in [5, 5.41) is 13.0. The number of ether oxygens (including phenoxy) is 1. The largest absolute Gasteiger partial charge is 0.507 e. The first-order valence-electron chi connectivity index (χ1n) is 9.55. The van der Waals surface area contributed by atoms with Crippen molar-refractivity contribution in [1.82, 2.24) is 9.80 Å². The first-order valence-corrected chi connectivity index (χ1v) is 10.4. The molecule has 1 aliphatic rings. The average Bonchev–Trinajstić information content (AvgIpc) is 3.21. The lowest BCUT2D eigenvalue weighted by molar-refractivity contribution is -0.140. The molecule has 0 aliphatic carbocycles. The molecule has 1 saturated heterocycles. The number of carbonyl (C=O) groups excluding carboxylic acids is 2. The first kappa shape index (κ1) is 21.1. The maximum Gasteiger partial charge on any atom is 0.295 e. The van der Waals surface area contributed by atoms with Gasteiger partial charge in [0, 0.05) is 23.5 Å². The number of ketones is 1. The number of thiophene rings is 1. The number of aliphatic hydroxyl groups excluding tert-OH is 1. The molecule has 1 aromatic carbocycles. The highest BCUT2D eigenvalue weighted by molar-refractivity contribution is 7.10. The molecule has 1 atom stereocenters. The van der Waals surface area contributed by atoms with E-state index in [-0.39, 0.29) is 11.3 Å². The SMILES string of the molecule is CCOc1ccc(/C(O)=C2/C(=O)C(=O)N(CCN(C)C)C2c2sccc2C)cc1. The third-order valence-electron chi connectivity index (χ3n) is 4.92. The Labute approximate surface area is 175 Å². The van der Waals surface area contributed by atoms with Gasteiger partial charge in [0.15, 0.2) is 0 Å². The number of nitrogens with zero attached hydrogens (tertiary/aromatic N) is 2. The van der Waals surface area contributed by atoms with Crippen LogP contribution in [0, 0.1) is 6.92 Å². The van der Waals surface area contributed by atoms with Gasteiger partial charge in [0.1, 0.15) is 11.5 Å². The van der Waals surface area contributed by atoms with Crippen molar-refractivity contribution >= 4 is 28.8 Å². The summed E-state index contributed by atoms with van der Waals surface area (Å²) in [6.07, 6.45) is 0. The molecular weight excluding hydrogens is 388 g/mol.